The van der Waals surface area contributed by atoms with Crippen molar-refractivity contribution in [2.75, 3.05) is 29.9 Å². The maximum absolute atomic E-state index is 14.0. The molecule has 13 heteroatoms. The van der Waals surface area contributed by atoms with E-state index in [0.29, 0.717) is 16.9 Å². The molecule has 0 bridgehead atoms. The van der Waals surface area contributed by atoms with Crippen molar-refractivity contribution in [3.63, 3.8) is 0 Å². The molecule has 216 valence electrons. The highest BCUT2D eigenvalue weighted by molar-refractivity contribution is 7.93. The van der Waals surface area contributed by atoms with Gasteiger partial charge in [-0.3, -0.25) is 4.72 Å². The van der Waals surface area contributed by atoms with E-state index in [0.717, 1.165) is 4.31 Å². The van der Waals surface area contributed by atoms with Crippen LogP contribution in [0.4, 0.5) is 11.5 Å². The number of sulfonamides is 2. The number of hydrogen-bond acceptors (Lipinski definition) is 9. The van der Waals surface area contributed by atoms with Gasteiger partial charge >= 0.3 is 5.97 Å². The topological polar surface area (TPSA) is 141 Å². The predicted octanol–water partition coefficient (Wildman–Crippen LogP) is 4.20. The Hall–Kier alpha value is -4.36. The number of methoxy groups -OCH3 is 2. The average Bonchev–Trinajstić information content (AvgIpc) is 2.98. The Morgan fingerprint density at radius 3 is 1.93 bits per heavy atom. The number of fused-ring (bicyclic) bond motifs is 1. The van der Waals surface area contributed by atoms with Crippen LogP contribution in [0.25, 0.3) is 10.8 Å². The highest BCUT2D eigenvalue weighted by atomic mass is 32.2. The molecule has 3 aromatic carbocycles. The van der Waals surface area contributed by atoms with E-state index in [4.69, 9.17) is 14.2 Å². The first-order valence-corrected chi connectivity index (χ1v) is 15.4. The molecular weight excluding hydrogens is 570 g/mol. The van der Waals surface area contributed by atoms with E-state index in [1.807, 2.05) is 0 Å². The van der Waals surface area contributed by atoms with Gasteiger partial charge in [-0.15, -0.1) is 0 Å². The van der Waals surface area contributed by atoms with E-state index in [2.05, 4.69) is 9.71 Å². The third-order valence-corrected chi connectivity index (χ3v) is 9.45. The number of aromatic nitrogens is 1. The lowest BCUT2D eigenvalue weighted by molar-refractivity contribution is -0.144. The second-order valence-electron chi connectivity index (χ2n) is 8.73. The lowest BCUT2D eigenvalue weighted by Crippen LogP contribution is -2.44. The lowest BCUT2D eigenvalue weighted by Gasteiger charge is -2.29. The number of pyridine rings is 1. The number of rotatable bonds is 11. The normalized spacial score (nSPS) is 12.4. The molecule has 0 saturated heterocycles. The fraction of sp³-hybridized carbons (Fsp3) is 0.214. The fourth-order valence-corrected chi connectivity index (χ4v) is 6.77. The van der Waals surface area contributed by atoms with Crippen molar-refractivity contribution in [1.82, 2.24) is 4.98 Å². The molecule has 0 unspecified atom stereocenters. The third kappa shape index (κ3) is 6.05. The molecule has 0 aliphatic heterocycles. The molecule has 41 heavy (non-hydrogen) atoms. The summed E-state index contributed by atoms with van der Waals surface area (Å²) in [5.41, 5.74) is 0.116. The second-order valence-corrected chi connectivity index (χ2v) is 12.2. The van der Waals surface area contributed by atoms with Gasteiger partial charge < -0.3 is 14.2 Å². The summed E-state index contributed by atoms with van der Waals surface area (Å²) < 4.78 is 73.1. The summed E-state index contributed by atoms with van der Waals surface area (Å²) in [6.07, 6.45) is 1.22. The van der Waals surface area contributed by atoms with Gasteiger partial charge in [-0.25, -0.2) is 30.9 Å². The number of ether oxygens (including phenoxy) is 3. The number of esters is 1. The van der Waals surface area contributed by atoms with Crippen molar-refractivity contribution in [2.24, 2.45) is 0 Å². The summed E-state index contributed by atoms with van der Waals surface area (Å²) in [4.78, 5) is 17.1. The minimum Gasteiger partial charge on any atom is -0.497 e. The van der Waals surface area contributed by atoms with Gasteiger partial charge in [-0.1, -0.05) is 24.3 Å². The molecule has 0 amide bonds. The second kappa shape index (κ2) is 12.0. The summed E-state index contributed by atoms with van der Waals surface area (Å²) in [6.45, 7) is 3.06. The van der Waals surface area contributed by atoms with E-state index < -0.39 is 32.1 Å². The van der Waals surface area contributed by atoms with E-state index in [9.17, 15) is 21.6 Å². The van der Waals surface area contributed by atoms with Crippen molar-refractivity contribution >= 4 is 48.3 Å². The maximum Gasteiger partial charge on any atom is 0.329 e. The highest BCUT2D eigenvalue weighted by Crippen LogP contribution is 2.35. The van der Waals surface area contributed by atoms with Crippen LogP contribution in [0, 0.1) is 0 Å². The first-order valence-electron chi connectivity index (χ1n) is 12.4. The lowest BCUT2D eigenvalue weighted by atomic mass is 10.1. The maximum atomic E-state index is 14.0. The zero-order valence-electron chi connectivity index (χ0n) is 22.8. The zero-order chi connectivity index (χ0) is 29.8. The molecule has 1 atom stereocenters. The molecule has 11 nitrogen and oxygen atoms in total. The molecule has 1 heterocycles. The van der Waals surface area contributed by atoms with Gasteiger partial charge in [0.1, 0.15) is 17.5 Å². The Kier molecular flexibility index (Phi) is 8.69. The van der Waals surface area contributed by atoms with Gasteiger partial charge in [0.05, 0.1) is 42.5 Å². The van der Waals surface area contributed by atoms with Gasteiger partial charge in [-0.2, -0.15) is 0 Å². The summed E-state index contributed by atoms with van der Waals surface area (Å²) in [7, 11) is -5.48. The number of benzene rings is 3. The Morgan fingerprint density at radius 2 is 1.39 bits per heavy atom. The van der Waals surface area contributed by atoms with E-state index in [-0.39, 0.29) is 33.3 Å². The van der Waals surface area contributed by atoms with Crippen LogP contribution in [0.5, 0.6) is 11.5 Å². The SMILES string of the molecule is CCOC(=O)[C@H](C)N(c1ncc(NS(=O)(=O)c2ccc(OC)cc2)c2ccccc12)S(=O)(=O)c1ccc(OC)cc1. The van der Waals surface area contributed by atoms with Crippen LogP contribution < -0.4 is 18.5 Å². The number of anilines is 2. The summed E-state index contributed by atoms with van der Waals surface area (Å²) >= 11 is 0. The summed E-state index contributed by atoms with van der Waals surface area (Å²) in [5.74, 6) is 0.0874. The van der Waals surface area contributed by atoms with Gasteiger partial charge in [0.25, 0.3) is 20.0 Å². The van der Waals surface area contributed by atoms with Crippen LogP contribution in [-0.2, 0) is 29.6 Å². The number of carbonyl (C=O) groups is 1. The molecular formula is C28H29N3O8S2. The molecule has 0 spiro atoms. The average molecular weight is 600 g/mol. The van der Waals surface area contributed by atoms with Gasteiger partial charge in [0, 0.05) is 10.8 Å². The fourth-order valence-electron chi connectivity index (χ4n) is 4.12. The van der Waals surface area contributed by atoms with E-state index >= 15 is 0 Å². The van der Waals surface area contributed by atoms with Gasteiger partial charge in [0.15, 0.2) is 5.82 Å². The molecule has 4 rings (SSSR count). The van der Waals surface area contributed by atoms with Gasteiger partial charge in [-0.05, 0) is 62.4 Å². The first-order chi connectivity index (χ1) is 19.5. The molecule has 0 saturated carbocycles. The zero-order valence-corrected chi connectivity index (χ0v) is 24.4. The number of carbonyl (C=O) groups excluding carboxylic acids is 1. The minimum absolute atomic E-state index is 0.00824. The quantitative estimate of drug-likeness (QED) is 0.251. The Labute approximate surface area is 238 Å². The largest absolute Gasteiger partial charge is 0.497 e. The van der Waals surface area contributed by atoms with E-state index in [1.54, 1.807) is 31.2 Å². The third-order valence-electron chi connectivity index (χ3n) is 6.19. The number of nitrogens with one attached hydrogen (secondary N) is 1. The molecule has 0 radical (unpaired) electrons. The van der Waals surface area contributed by atoms with Crippen LogP contribution in [0.15, 0.2) is 88.8 Å². The molecule has 0 aliphatic carbocycles. The van der Waals surface area contributed by atoms with Crippen molar-refractivity contribution < 1.29 is 35.8 Å². The summed E-state index contributed by atoms with van der Waals surface area (Å²) in [5, 5.41) is 0.649. The molecule has 0 fully saturated rings. The van der Waals surface area contributed by atoms with Crippen LogP contribution in [0.2, 0.25) is 0 Å². The molecule has 1 aromatic heterocycles. The molecule has 0 aliphatic rings. The van der Waals surface area contributed by atoms with Crippen molar-refractivity contribution in [1.29, 1.82) is 0 Å². The predicted molar refractivity (Wildman–Crippen MR) is 154 cm³/mol. The monoisotopic (exact) mass is 599 g/mol. The first kappa shape index (κ1) is 29.6. The Balaban J connectivity index is 1.86. The highest BCUT2D eigenvalue weighted by Gasteiger charge is 2.36. The minimum atomic E-state index is -4.37. The Bertz CT molecular complexity index is 1760. The standard InChI is InChI=1S/C28H29N3O8S2/c1-5-39-28(32)19(2)31(41(35,36)23-16-12-21(38-4)13-17-23)27-25-9-7-6-8-24(25)26(18-29-27)30-40(33,34)22-14-10-20(37-3)11-15-22/h6-19,30H,5H2,1-4H3/t19-/m0/s1. The van der Waals surface area contributed by atoms with Crippen molar-refractivity contribution in [2.45, 2.75) is 29.7 Å². The summed E-state index contributed by atoms with van der Waals surface area (Å²) in [6, 6.07) is 16.8. The van der Waals surface area contributed by atoms with Crippen LogP contribution in [-0.4, -0.2) is 54.7 Å². The van der Waals surface area contributed by atoms with Crippen LogP contribution in [0.1, 0.15) is 13.8 Å². The van der Waals surface area contributed by atoms with Crippen molar-refractivity contribution in [3.05, 3.63) is 79.0 Å². The van der Waals surface area contributed by atoms with Gasteiger partial charge in [0.2, 0.25) is 0 Å². The van der Waals surface area contributed by atoms with Crippen LogP contribution in [0.3, 0.4) is 0 Å². The molecule has 1 N–H and O–H groups in total. The number of nitrogens with zero attached hydrogens (tertiary/aromatic N) is 2. The van der Waals surface area contributed by atoms with Crippen molar-refractivity contribution in [3.8, 4) is 11.5 Å². The smallest absolute Gasteiger partial charge is 0.329 e. The van der Waals surface area contributed by atoms with Crippen LogP contribution >= 0.6 is 0 Å². The molecule has 4 aromatic rings. The van der Waals surface area contributed by atoms with E-state index in [1.165, 1.54) is 75.9 Å². The number of hydrogen-bond donors (Lipinski definition) is 1. The Morgan fingerprint density at radius 1 is 0.854 bits per heavy atom.